The highest BCUT2D eigenvalue weighted by atomic mass is 35.5. The molecule has 0 spiro atoms. The van der Waals surface area contributed by atoms with Crippen molar-refractivity contribution in [2.75, 3.05) is 7.11 Å². The van der Waals surface area contributed by atoms with Crippen LogP contribution >= 0.6 is 22.9 Å². The second-order valence-corrected chi connectivity index (χ2v) is 4.14. The fourth-order valence-electron chi connectivity index (χ4n) is 1.37. The molecule has 1 heterocycles. The van der Waals surface area contributed by atoms with Crippen LogP contribution in [0.4, 0.5) is 0 Å². The zero-order chi connectivity index (χ0) is 10.1. The van der Waals surface area contributed by atoms with E-state index in [-0.39, 0.29) is 0 Å². The van der Waals surface area contributed by atoms with Crippen molar-refractivity contribution in [3.63, 3.8) is 0 Å². The smallest absolute Gasteiger partial charge is 0.151 e. The third-order valence-corrected chi connectivity index (χ3v) is 3.15. The van der Waals surface area contributed by atoms with Crippen LogP contribution in [0.5, 0.6) is 5.75 Å². The van der Waals surface area contributed by atoms with Gasteiger partial charge in [0.05, 0.1) is 7.11 Å². The highest BCUT2D eigenvalue weighted by Crippen LogP contribution is 2.35. The van der Waals surface area contributed by atoms with E-state index in [1.165, 1.54) is 11.3 Å². The normalized spacial score (nSPS) is 10.4. The maximum Gasteiger partial charge on any atom is 0.151 e. The molecule has 2 aromatic rings. The molecule has 0 aliphatic rings. The largest absolute Gasteiger partial charge is 0.496 e. The maximum atomic E-state index is 10.8. The number of thiophene rings is 1. The third kappa shape index (κ3) is 1.38. The summed E-state index contributed by atoms with van der Waals surface area (Å²) in [6.45, 7) is 0. The first-order valence-corrected chi connectivity index (χ1v) is 5.22. The molecule has 0 amide bonds. The van der Waals surface area contributed by atoms with E-state index in [0.29, 0.717) is 16.3 Å². The van der Waals surface area contributed by atoms with Crippen LogP contribution in [0.15, 0.2) is 17.5 Å². The number of aldehydes is 1. The van der Waals surface area contributed by atoms with Gasteiger partial charge in [-0.25, -0.2) is 0 Å². The predicted molar refractivity (Wildman–Crippen MR) is 58.8 cm³/mol. The summed E-state index contributed by atoms with van der Waals surface area (Å²) in [4.78, 5) is 10.8. The number of carbonyl (C=O) groups excluding carboxylic acids is 1. The molecule has 72 valence electrons. The van der Waals surface area contributed by atoms with Crippen LogP contribution in [0.3, 0.4) is 0 Å². The third-order valence-electron chi connectivity index (χ3n) is 1.98. The molecule has 0 aliphatic carbocycles. The van der Waals surface area contributed by atoms with E-state index in [2.05, 4.69) is 0 Å². The van der Waals surface area contributed by atoms with E-state index < -0.39 is 0 Å². The van der Waals surface area contributed by atoms with Crippen molar-refractivity contribution in [2.24, 2.45) is 0 Å². The number of carbonyl (C=O) groups is 1. The Morgan fingerprint density at radius 1 is 1.50 bits per heavy atom. The van der Waals surface area contributed by atoms with Crippen molar-refractivity contribution in [1.82, 2.24) is 0 Å². The monoisotopic (exact) mass is 226 g/mol. The molecular weight excluding hydrogens is 220 g/mol. The molecule has 2 rings (SSSR count). The van der Waals surface area contributed by atoms with Gasteiger partial charge in [0.1, 0.15) is 5.75 Å². The Morgan fingerprint density at radius 2 is 2.29 bits per heavy atom. The molecular formula is C10H7ClO2S. The lowest BCUT2D eigenvalue weighted by Crippen LogP contribution is -1.85. The van der Waals surface area contributed by atoms with Gasteiger partial charge < -0.3 is 4.74 Å². The predicted octanol–water partition coefficient (Wildman–Crippen LogP) is 3.38. The van der Waals surface area contributed by atoms with Crippen LogP contribution in [-0.2, 0) is 0 Å². The Morgan fingerprint density at radius 3 is 2.93 bits per heavy atom. The average molecular weight is 227 g/mol. The van der Waals surface area contributed by atoms with Crippen molar-refractivity contribution in [2.45, 2.75) is 0 Å². The van der Waals surface area contributed by atoms with Crippen LogP contribution in [0.25, 0.3) is 10.1 Å². The van der Waals surface area contributed by atoms with Crippen LogP contribution in [0.1, 0.15) is 10.4 Å². The van der Waals surface area contributed by atoms with Gasteiger partial charge in [0, 0.05) is 26.1 Å². The van der Waals surface area contributed by atoms with Gasteiger partial charge in [0.2, 0.25) is 0 Å². The number of halogens is 1. The average Bonchev–Trinajstić information content (AvgIpc) is 2.59. The van der Waals surface area contributed by atoms with Gasteiger partial charge in [-0.3, -0.25) is 4.79 Å². The highest BCUT2D eigenvalue weighted by Gasteiger charge is 2.10. The second kappa shape index (κ2) is 3.59. The molecule has 0 saturated heterocycles. The minimum atomic E-state index is 0.619. The minimum Gasteiger partial charge on any atom is -0.496 e. The lowest BCUT2D eigenvalue weighted by atomic mass is 10.2. The standard InChI is InChI=1S/C10H7ClO2S/c1-13-8-2-7(11)3-9-10(8)6(4-12)5-14-9/h2-5H,1H3. The van der Waals surface area contributed by atoms with E-state index in [9.17, 15) is 4.79 Å². The molecule has 1 aromatic heterocycles. The number of methoxy groups -OCH3 is 1. The van der Waals surface area contributed by atoms with Gasteiger partial charge >= 0.3 is 0 Å². The van der Waals surface area contributed by atoms with Crippen molar-refractivity contribution in [1.29, 1.82) is 0 Å². The molecule has 4 heteroatoms. The number of ether oxygens (including phenoxy) is 1. The summed E-state index contributed by atoms with van der Waals surface area (Å²) in [5.74, 6) is 0.649. The van der Waals surface area contributed by atoms with Gasteiger partial charge in [-0.15, -0.1) is 11.3 Å². The summed E-state index contributed by atoms with van der Waals surface area (Å²) in [6.07, 6.45) is 0.829. The number of rotatable bonds is 2. The molecule has 14 heavy (non-hydrogen) atoms. The first-order valence-electron chi connectivity index (χ1n) is 3.96. The molecule has 0 saturated carbocycles. The second-order valence-electron chi connectivity index (χ2n) is 2.79. The molecule has 0 aliphatic heterocycles. The Labute approximate surface area is 90.1 Å². The molecule has 0 N–H and O–H groups in total. The Kier molecular flexibility index (Phi) is 2.44. The summed E-state index contributed by atoms with van der Waals surface area (Å²) in [6, 6.07) is 3.54. The first-order chi connectivity index (χ1) is 6.76. The van der Waals surface area contributed by atoms with Gasteiger partial charge in [-0.2, -0.15) is 0 Å². The summed E-state index contributed by atoms with van der Waals surface area (Å²) in [5, 5.41) is 3.27. The molecule has 2 nitrogen and oxygen atoms in total. The Hall–Kier alpha value is -1.06. The van der Waals surface area contributed by atoms with Gasteiger partial charge in [-0.05, 0) is 12.1 Å². The fraction of sp³-hybridized carbons (Fsp3) is 0.100. The summed E-state index contributed by atoms with van der Waals surface area (Å²) in [5.41, 5.74) is 0.651. The number of benzene rings is 1. The first kappa shape index (κ1) is 9.49. The van der Waals surface area contributed by atoms with E-state index in [0.717, 1.165) is 16.4 Å². The van der Waals surface area contributed by atoms with Crippen molar-refractivity contribution >= 4 is 39.3 Å². The minimum absolute atomic E-state index is 0.619. The Bertz CT molecular complexity index is 490. The lowest BCUT2D eigenvalue weighted by Gasteiger charge is -2.02. The van der Waals surface area contributed by atoms with Crippen LogP contribution in [0, 0.1) is 0 Å². The number of hydrogen-bond acceptors (Lipinski definition) is 3. The maximum absolute atomic E-state index is 10.8. The van der Waals surface area contributed by atoms with E-state index in [1.807, 2.05) is 6.07 Å². The molecule has 0 atom stereocenters. The van der Waals surface area contributed by atoms with E-state index in [4.69, 9.17) is 16.3 Å². The quantitative estimate of drug-likeness (QED) is 0.734. The highest BCUT2D eigenvalue weighted by molar-refractivity contribution is 7.17. The summed E-state index contributed by atoms with van der Waals surface area (Å²) in [7, 11) is 1.57. The molecule has 0 bridgehead atoms. The number of fused-ring (bicyclic) bond motifs is 1. The fourth-order valence-corrected chi connectivity index (χ4v) is 2.60. The number of hydrogen-bond donors (Lipinski definition) is 0. The van der Waals surface area contributed by atoms with Crippen LogP contribution < -0.4 is 4.74 Å². The van der Waals surface area contributed by atoms with Gasteiger partial charge in [0.25, 0.3) is 0 Å². The topological polar surface area (TPSA) is 26.3 Å². The van der Waals surface area contributed by atoms with E-state index in [1.54, 1.807) is 18.6 Å². The van der Waals surface area contributed by atoms with Gasteiger partial charge in [-0.1, -0.05) is 11.6 Å². The summed E-state index contributed by atoms with van der Waals surface area (Å²) >= 11 is 7.38. The SMILES string of the molecule is COc1cc(Cl)cc2scc(C=O)c12. The molecule has 0 fully saturated rings. The lowest BCUT2D eigenvalue weighted by molar-refractivity contribution is 0.112. The Balaban J connectivity index is 2.85. The van der Waals surface area contributed by atoms with Crippen molar-refractivity contribution < 1.29 is 9.53 Å². The molecule has 1 aromatic carbocycles. The molecule has 0 radical (unpaired) electrons. The zero-order valence-corrected chi connectivity index (χ0v) is 8.98. The van der Waals surface area contributed by atoms with Crippen LogP contribution in [0.2, 0.25) is 5.02 Å². The van der Waals surface area contributed by atoms with Crippen molar-refractivity contribution in [3.8, 4) is 5.75 Å². The molecule has 0 unspecified atom stereocenters. The van der Waals surface area contributed by atoms with Gasteiger partial charge in [0.15, 0.2) is 6.29 Å². The van der Waals surface area contributed by atoms with E-state index >= 15 is 0 Å². The zero-order valence-electron chi connectivity index (χ0n) is 7.41. The van der Waals surface area contributed by atoms with Crippen LogP contribution in [-0.4, -0.2) is 13.4 Å². The van der Waals surface area contributed by atoms with Crippen molar-refractivity contribution in [3.05, 3.63) is 28.1 Å². The summed E-state index contributed by atoms with van der Waals surface area (Å²) < 4.78 is 6.14.